The van der Waals surface area contributed by atoms with Crippen LogP contribution in [0, 0.1) is 5.82 Å². The topological polar surface area (TPSA) is 12.0 Å². The van der Waals surface area contributed by atoms with Crippen LogP contribution in [0.4, 0.5) is 4.39 Å². The monoisotopic (exact) mass is 333 g/mol. The second-order valence-electron chi connectivity index (χ2n) is 5.41. The quantitative estimate of drug-likeness (QED) is 0.847. The molecule has 0 aliphatic heterocycles. The summed E-state index contributed by atoms with van der Waals surface area (Å²) < 4.78 is 13.9. The first-order valence-corrected chi connectivity index (χ1v) is 7.70. The van der Waals surface area contributed by atoms with Gasteiger partial charge in [-0.25, -0.2) is 4.39 Å². The Morgan fingerprint density at radius 1 is 1.20 bits per heavy atom. The molecule has 0 heterocycles. The molecule has 1 aliphatic carbocycles. The molecule has 2 aromatic rings. The first-order valence-electron chi connectivity index (χ1n) is 6.91. The molecule has 1 aliphatic rings. The molecule has 0 saturated heterocycles. The summed E-state index contributed by atoms with van der Waals surface area (Å²) in [6.45, 7) is 2.12. The summed E-state index contributed by atoms with van der Waals surface area (Å²) in [6.07, 6.45) is 1.17. The standard InChI is InChI=1S/C17H17BrFN/c1-11(14-8-7-13(19)9-16(14)18)20-17-10-15(17)12-5-3-2-4-6-12/h2-9,11,15,17,20H,10H2,1H3. The van der Waals surface area contributed by atoms with E-state index in [9.17, 15) is 4.39 Å². The molecular formula is C17H17BrFN. The van der Waals surface area contributed by atoms with E-state index < -0.39 is 0 Å². The molecule has 1 fully saturated rings. The lowest BCUT2D eigenvalue weighted by Crippen LogP contribution is -2.22. The summed E-state index contributed by atoms with van der Waals surface area (Å²) in [5.74, 6) is 0.402. The highest BCUT2D eigenvalue weighted by Crippen LogP contribution is 2.42. The fourth-order valence-corrected chi connectivity index (χ4v) is 3.41. The lowest BCUT2D eigenvalue weighted by Gasteiger charge is -2.16. The zero-order valence-electron chi connectivity index (χ0n) is 11.3. The van der Waals surface area contributed by atoms with Gasteiger partial charge in [0, 0.05) is 22.5 Å². The maximum atomic E-state index is 13.1. The van der Waals surface area contributed by atoms with E-state index >= 15 is 0 Å². The predicted octanol–water partition coefficient (Wildman–Crippen LogP) is 4.79. The molecule has 104 valence electrons. The van der Waals surface area contributed by atoms with Crippen LogP contribution in [0.1, 0.15) is 36.4 Å². The highest BCUT2D eigenvalue weighted by molar-refractivity contribution is 9.10. The van der Waals surface area contributed by atoms with E-state index in [1.807, 2.05) is 12.1 Å². The molecule has 1 nitrogen and oxygen atoms in total. The van der Waals surface area contributed by atoms with E-state index in [1.165, 1.54) is 24.1 Å². The highest BCUT2D eigenvalue weighted by atomic mass is 79.9. The molecule has 0 bridgehead atoms. The number of halogens is 2. The summed E-state index contributed by atoms with van der Waals surface area (Å²) in [7, 11) is 0. The Kier molecular flexibility index (Phi) is 3.90. The number of benzene rings is 2. The highest BCUT2D eigenvalue weighted by Gasteiger charge is 2.38. The Labute approximate surface area is 127 Å². The molecule has 1 N–H and O–H groups in total. The van der Waals surface area contributed by atoms with Crippen molar-refractivity contribution in [2.24, 2.45) is 0 Å². The number of hydrogen-bond acceptors (Lipinski definition) is 1. The normalized spacial score (nSPS) is 22.6. The second-order valence-corrected chi connectivity index (χ2v) is 6.27. The third-order valence-electron chi connectivity index (χ3n) is 3.91. The molecule has 3 atom stereocenters. The Morgan fingerprint density at radius 2 is 1.95 bits per heavy atom. The SMILES string of the molecule is CC(NC1CC1c1ccccc1)c1ccc(F)cc1Br. The molecule has 20 heavy (non-hydrogen) atoms. The van der Waals surface area contributed by atoms with Gasteiger partial charge in [-0.2, -0.15) is 0 Å². The van der Waals surface area contributed by atoms with Crippen LogP contribution in [0.5, 0.6) is 0 Å². The van der Waals surface area contributed by atoms with Crippen molar-refractivity contribution in [3.63, 3.8) is 0 Å². The fourth-order valence-electron chi connectivity index (χ4n) is 2.71. The Hall–Kier alpha value is -1.19. The Morgan fingerprint density at radius 3 is 2.65 bits per heavy atom. The first-order chi connectivity index (χ1) is 9.65. The van der Waals surface area contributed by atoms with E-state index in [0.29, 0.717) is 12.0 Å². The minimum atomic E-state index is -0.207. The van der Waals surface area contributed by atoms with Gasteiger partial charge in [0.1, 0.15) is 5.82 Å². The smallest absolute Gasteiger partial charge is 0.124 e. The molecule has 3 heteroatoms. The third-order valence-corrected chi connectivity index (χ3v) is 4.60. The van der Waals surface area contributed by atoms with Crippen LogP contribution in [0.2, 0.25) is 0 Å². The van der Waals surface area contributed by atoms with Crippen molar-refractivity contribution < 1.29 is 4.39 Å². The minimum absolute atomic E-state index is 0.207. The van der Waals surface area contributed by atoms with E-state index in [0.717, 1.165) is 10.0 Å². The predicted molar refractivity (Wildman–Crippen MR) is 83.2 cm³/mol. The van der Waals surface area contributed by atoms with Crippen LogP contribution in [-0.4, -0.2) is 6.04 Å². The van der Waals surface area contributed by atoms with Crippen LogP contribution in [0.15, 0.2) is 53.0 Å². The first kappa shape index (κ1) is 13.8. The molecule has 3 unspecified atom stereocenters. The van der Waals surface area contributed by atoms with Gasteiger partial charge >= 0.3 is 0 Å². The Balaban J connectivity index is 1.65. The van der Waals surface area contributed by atoms with Gasteiger partial charge in [0.15, 0.2) is 0 Å². The van der Waals surface area contributed by atoms with E-state index in [4.69, 9.17) is 0 Å². The Bertz CT molecular complexity index is 599. The molecule has 2 aromatic carbocycles. The lowest BCUT2D eigenvalue weighted by molar-refractivity contribution is 0.558. The van der Waals surface area contributed by atoms with Crippen LogP contribution < -0.4 is 5.32 Å². The van der Waals surface area contributed by atoms with E-state index in [2.05, 4.69) is 52.4 Å². The summed E-state index contributed by atoms with van der Waals surface area (Å²) in [6, 6.07) is 16.2. The molecule has 0 spiro atoms. The van der Waals surface area contributed by atoms with Gasteiger partial charge in [-0.3, -0.25) is 0 Å². The molecule has 0 aromatic heterocycles. The average Bonchev–Trinajstić information content (AvgIpc) is 3.18. The molecule has 1 saturated carbocycles. The van der Waals surface area contributed by atoms with Gasteiger partial charge in [0.05, 0.1) is 0 Å². The van der Waals surface area contributed by atoms with Crippen LogP contribution in [0.3, 0.4) is 0 Å². The maximum absolute atomic E-state index is 13.1. The van der Waals surface area contributed by atoms with Crippen LogP contribution in [-0.2, 0) is 0 Å². The number of rotatable bonds is 4. The largest absolute Gasteiger partial charge is 0.307 e. The summed E-state index contributed by atoms with van der Waals surface area (Å²) in [4.78, 5) is 0. The summed E-state index contributed by atoms with van der Waals surface area (Å²) in [5.41, 5.74) is 2.50. The van der Waals surface area contributed by atoms with Gasteiger partial charge in [-0.05, 0) is 36.6 Å². The summed E-state index contributed by atoms with van der Waals surface area (Å²) in [5, 5.41) is 3.63. The zero-order chi connectivity index (χ0) is 14.1. The van der Waals surface area contributed by atoms with Crippen molar-refractivity contribution in [2.45, 2.75) is 31.3 Å². The van der Waals surface area contributed by atoms with Crippen molar-refractivity contribution in [3.05, 3.63) is 69.9 Å². The van der Waals surface area contributed by atoms with E-state index in [1.54, 1.807) is 0 Å². The van der Waals surface area contributed by atoms with Crippen molar-refractivity contribution in [3.8, 4) is 0 Å². The zero-order valence-corrected chi connectivity index (χ0v) is 12.9. The third kappa shape index (κ3) is 2.94. The number of hydrogen-bond donors (Lipinski definition) is 1. The molecular weight excluding hydrogens is 317 g/mol. The van der Waals surface area contributed by atoms with Crippen LogP contribution in [0.25, 0.3) is 0 Å². The maximum Gasteiger partial charge on any atom is 0.124 e. The van der Waals surface area contributed by atoms with Crippen LogP contribution >= 0.6 is 15.9 Å². The lowest BCUT2D eigenvalue weighted by atomic mass is 10.1. The van der Waals surface area contributed by atoms with Crippen molar-refractivity contribution >= 4 is 15.9 Å². The van der Waals surface area contributed by atoms with Gasteiger partial charge in [-0.1, -0.05) is 52.3 Å². The van der Waals surface area contributed by atoms with Crippen molar-refractivity contribution in [1.29, 1.82) is 0 Å². The molecule has 0 radical (unpaired) electrons. The fraction of sp³-hybridized carbons (Fsp3) is 0.294. The number of nitrogens with one attached hydrogen (secondary N) is 1. The van der Waals surface area contributed by atoms with Gasteiger partial charge in [-0.15, -0.1) is 0 Å². The van der Waals surface area contributed by atoms with Crippen molar-refractivity contribution in [2.75, 3.05) is 0 Å². The summed E-state index contributed by atoms with van der Waals surface area (Å²) >= 11 is 3.44. The second kappa shape index (κ2) is 5.66. The average molecular weight is 334 g/mol. The van der Waals surface area contributed by atoms with E-state index in [-0.39, 0.29) is 11.9 Å². The van der Waals surface area contributed by atoms with Gasteiger partial charge in [0.2, 0.25) is 0 Å². The van der Waals surface area contributed by atoms with Crippen molar-refractivity contribution in [1.82, 2.24) is 5.32 Å². The molecule has 3 rings (SSSR count). The van der Waals surface area contributed by atoms with Gasteiger partial charge < -0.3 is 5.32 Å². The van der Waals surface area contributed by atoms with Gasteiger partial charge in [0.25, 0.3) is 0 Å². The molecule has 0 amide bonds. The minimum Gasteiger partial charge on any atom is -0.307 e.